The molecule has 6 nitrogen and oxygen atoms in total. The molecule has 4 N–H and O–H groups in total. The van der Waals surface area contributed by atoms with Gasteiger partial charge in [0.1, 0.15) is 0 Å². The normalized spacial score (nSPS) is 11.7. The largest absolute Gasteiger partial charge is 0.478 e. The van der Waals surface area contributed by atoms with Crippen LogP contribution in [-0.2, 0) is 0 Å². The maximum atomic E-state index is 11.2. The third-order valence-electron chi connectivity index (χ3n) is 4.84. The Hall–Kier alpha value is -3.80. The minimum Gasteiger partial charge on any atom is -0.478 e. The van der Waals surface area contributed by atoms with Crippen LogP contribution in [0.4, 0.5) is 0 Å². The van der Waals surface area contributed by atoms with Gasteiger partial charge in [-0.3, -0.25) is 0 Å². The SMILES string of the molecule is O=C(O)c1ccc2c(c1)[nH]c1c2ccc2c3ccc(C(=O)O)cc3[nH]c21. The number of rotatable bonds is 2. The molecule has 0 bridgehead atoms. The van der Waals surface area contributed by atoms with Crippen LogP contribution >= 0.6 is 0 Å². The van der Waals surface area contributed by atoms with Crippen molar-refractivity contribution in [1.82, 2.24) is 9.97 Å². The highest BCUT2D eigenvalue weighted by molar-refractivity contribution is 6.22. The Morgan fingerprint density at radius 2 is 1.00 bits per heavy atom. The number of aromatic amines is 2. The third kappa shape index (κ3) is 1.86. The van der Waals surface area contributed by atoms with E-state index >= 15 is 0 Å². The molecular weight excluding hydrogens is 332 g/mol. The first-order valence-corrected chi connectivity index (χ1v) is 7.99. The van der Waals surface area contributed by atoms with Crippen molar-refractivity contribution in [3.8, 4) is 0 Å². The van der Waals surface area contributed by atoms with Crippen molar-refractivity contribution in [2.24, 2.45) is 0 Å². The van der Waals surface area contributed by atoms with Crippen molar-refractivity contribution in [2.45, 2.75) is 0 Å². The molecule has 0 aliphatic heterocycles. The molecule has 6 heteroatoms. The van der Waals surface area contributed by atoms with Crippen molar-refractivity contribution >= 4 is 55.6 Å². The first-order chi connectivity index (χ1) is 12.5. The number of aromatic carboxylic acids is 2. The zero-order valence-electron chi connectivity index (χ0n) is 13.3. The Labute approximate surface area is 145 Å². The number of carbonyl (C=O) groups is 2. The van der Waals surface area contributed by atoms with Crippen LogP contribution < -0.4 is 0 Å². The minimum atomic E-state index is -0.970. The molecule has 0 saturated carbocycles. The zero-order chi connectivity index (χ0) is 18.0. The molecule has 5 rings (SSSR count). The molecule has 26 heavy (non-hydrogen) atoms. The predicted octanol–water partition coefficient (Wildman–Crippen LogP) is 4.35. The van der Waals surface area contributed by atoms with E-state index in [1.54, 1.807) is 36.4 Å². The van der Waals surface area contributed by atoms with E-state index in [1.165, 1.54) is 0 Å². The molecule has 2 aromatic heterocycles. The Kier molecular flexibility index (Phi) is 2.72. The summed E-state index contributed by atoms with van der Waals surface area (Å²) in [6.45, 7) is 0. The van der Waals surface area contributed by atoms with E-state index < -0.39 is 11.9 Å². The van der Waals surface area contributed by atoms with Gasteiger partial charge in [-0.05, 0) is 24.3 Å². The number of carboxylic acid groups (broad SMARTS) is 2. The van der Waals surface area contributed by atoms with Crippen LogP contribution in [0.15, 0.2) is 48.5 Å². The maximum absolute atomic E-state index is 11.2. The Morgan fingerprint density at radius 1 is 0.615 bits per heavy atom. The van der Waals surface area contributed by atoms with Gasteiger partial charge in [-0.15, -0.1) is 0 Å². The van der Waals surface area contributed by atoms with Gasteiger partial charge in [0.25, 0.3) is 0 Å². The minimum absolute atomic E-state index is 0.225. The van der Waals surface area contributed by atoms with Gasteiger partial charge in [0.15, 0.2) is 0 Å². The van der Waals surface area contributed by atoms with E-state index in [4.69, 9.17) is 0 Å². The van der Waals surface area contributed by atoms with Crippen LogP contribution in [-0.4, -0.2) is 32.1 Å². The van der Waals surface area contributed by atoms with Crippen LogP contribution in [0.5, 0.6) is 0 Å². The first-order valence-electron chi connectivity index (χ1n) is 7.99. The lowest BCUT2D eigenvalue weighted by atomic mass is 10.1. The highest BCUT2D eigenvalue weighted by atomic mass is 16.4. The quantitative estimate of drug-likeness (QED) is 0.382. The number of fused-ring (bicyclic) bond motifs is 7. The van der Waals surface area contributed by atoms with Gasteiger partial charge in [-0.1, -0.05) is 24.3 Å². The van der Waals surface area contributed by atoms with E-state index in [-0.39, 0.29) is 11.1 Å². The average molecular weight is 344 g/mol. The Morgan fingerprint density at radius 3 is 1.38 bits per heavy atom. The summed E-state index contributed by atoms with van der Waals surface area (Å²) in [6.07, 6.45) is 0. The van der Waals surface area contributed by atoms with Crippen LogP contribution in [0.1, 0.15) is 20.7 Å². The highest BCUT2D eigenvalue weighted by Gasteiger charge is 2.14. The Bertz CT molecular complexity index is 1280. The molecule has 2 heterocycles. The number of benzene rings is 3. The van der Waals surface area contributed by atoms with Crippen molar-refractivity contribution in [1.29, 1.82) is 0 Å². The van der Waals surface area contributed by atoms with E-state index in [0.717, 1.165) is 43.6 Å². The van der Waals surface area contributed by atoms with Crippen LogP contribution in [0.2, 0.25) is 0 Å². The lowest BCUT2D eigenvalue weighted by Crippen LogP contribution is -1.94. The molecule has 0 unspecified atom stereocenters. The molecule has 0 atom stereocenters. The van der Waals surface area contributed by atoms with E-state index in [9.17, 15) is 19.8 Å². The van der Waals surface area contributed by atoms with Gasteiger partial charge >= 0.3 is 11.9 Å². The summed E-state index contributed by atoms with van der Waals surface area (Å²) < 4.78 is 0. The van der Waals surface area contributed by atoms with Crippen molar-refractivity contribution < 1.29 is 19.8 Å². The maximum Gasteiger partial charge on any atom is 0.335 e. The van der Waals surface area contributed by atoms with Gasteiger partial charge in [0.05, 0.1) is 22.2 Å². The van der Waals surface area contributed by atoms with E-state index in [1.807, 2.05) is 12.1 Å². The lowest BCUT2D eigenvalue weighted by Gasteiger charge is -1.95. The van der Waals surface area contributed by atoms with Gasteiger partial charge in [0.2, 0.25) is 0 Å². The molecule has 0 aliphatic carbocycles. The third-order valence-corrected chi connectivity index (χ3v) is 4.84. The predicted molar refractivity (Wildman–Crippen MR) is 99.1 cm³/mol. The molecular formula is C20H12N2O4. The summed E-state index contributed by atoms with van der Waals surface area (Å²) in [6, 6.07) is 14.0. The summed E-state index contributed by atoms with van der Waals surface area (Å²) in [5, 5.41) is 22.2. The molecule has 0 amide bonds. The number of nitrogens with one attached hydrogen (secondary N) is 2. The average Bonchev–Trinajstić information content (AvgIpc) is 3.18. The molecule has 0 spiro atoms. The highest BCUT2D eigenvalue weighted by Crippen LogP contribution is 2.35. The lowest BCUT2D eigenvalue weighted by molar-refractivity contribution is 0.0686. The second kappa shape index (κ2) is 4.86. The standard InChI is InChI=1S/C20H12N2O4/c23-19(24)9-1-3-11-13-5-6-14-12-4-2-10(20(25)26)8-16(12)22-18(14)17(13)21-15(11)7-9/h1-8,21-22H,(H,23,24)(H,25,26). The molecule has 3 aromatic carbocycles. The fraction of sp³-hybridized carbons (Fsp3) is 0. The first kappa shape index (κ1) is 14.5. The molecule has 0 aliphatic rings. The zero-order valence-corrected chi connectivity index (χ0v) is 13.3. The van der Waals surface area contributed by atoms with Gasteiger partial charge in [-0.2, -0.15) is 0 Å². The van der Waals surface area contributed by atoms with Crippen molar-refractivity contribution in [2.75, 3.05) is 0 Å². The second-order valence-corrected chi connectivity index (χ2v) is 6.29. The number of hydrogen-bond donors (Lipinski definition) is 4. The molecule has 0 radical (unpaired) electrons. The molecule has 0 saturated heterocycles. The fourth-order valence-corrected chi connectivity index (χ4v) is 3.61. The van der Waals surface area contributed by atoms with Crippen LogP contribution in [0, 0.1) is 0 Å². The summed E-state index contributed by atoms with van der Waals surface area (Å²) in [5.41, 5.74) is 3.68. The van der Waals surface area contributed by atoms with Gasteiger partial charge in [0, 0.05) is 32.6 Å². The second-order valence-electron chi connectivity index (χ2n) is 6.29. The number of aromatic nitrogens is 2. The van der Waals surface area contributed by atoms with Crippen molar-refractivity contribution in [3.05, 3.63) is 59.7 Å². The van der Waals surface area contributed by atoms with Gasteiger partial charge in [-0.25, -0.2) is 9.59 Å². The number of hydrogen-bond acceptors (Lipinski definition) is 2. The van der Waals surface area contributed by atoms with Gasteiger partial charge < -0.3 is 20.2 Å². The topological polar surface area (TPSA) is 106 Å². The van der Waals surface area contributed by atoms with E-state index in [2.05, 4.69) is 9.97 Å². The summed E-state index contributed by atoms with van der Waals surface area (Å²) in [7, 11) is 0. The van der Waals surface area contributed by atoms with Crippen molar-refractivity contribution in [3.63, 3.8) is 0 Å². The van der Waals surface area contributed by atoms with Crippen LogP contribution in [0.25, 0.3) is 43.6 Å². The monoisotopic (exact) mass is 344 g/mol. The molecule has 5 aromatic rings. The smallest absolute Gasteiger partial charge is 0.335 e. The van der Waals surface area contributed by atoms with Crippen LogP contribution in [0.3, 0.4) is 0 Å². The summed E-state index contributed by atoms with van der Waals surface area (Å²) >= 11 is 0. The number of H-pyrrole nitrogens is 2. The number of carboxylic acids is 2. The molecule has 0 fully saturated rings. The Balaban J connectivity index is 1.88. The molecule has 126 valence electrons. The summed E-state index contributed by atoms with van der Waals surface area (Å²) in [4.78, 5) is 29.0. The van der Waals surface area contributed by atoms with E-state index in [0.29, 0.717) is 0 Å². The summed E-state index contributed by atoms with van der Waals surface area (Å²) in [5.74, 6) is -1.94. The fourth-order valence-electron chi connectivity index (χ4n) is 3.61.